The summed E-state index contributed by atoms with van der Waals surface area (Å²) in [5, 5.41) is 3.38. The Hall–Kier alpha value is -1.36. The predicted octanol–water partition coefficient (Wildman–Crippen LogP) is 1.57. The van der Waals surface area contributed by atoms with E-state index in [1.807, 2.05) is 0 Å². The van der Waals surface area contributed by atoms with Crippen molar-refractivity contribution in [2.45, 2.75) is 44.8 Å². The highest BCUT2D eigenvalue weighted by molar-refractivity contribution is 5.21. The SMILES string of the molecule is COc1cc(OC2CN[C@@H](C)C2)nc(CC2CC2)n1. The number of ether oxygens (including phenoxy) is 2. The maximum Gasteiger partial charge on any atom is 0.220 e. The van der Waals surface area contributed by atoms with Crippen LogP contribution in [0.3, 0.4) is 0 Å². The Morgan fingerprint density at radius 2 is 2.11 bits per heavy atom. The lowest BCUT2D eigenvalue weighted by Gasteiger charge is -2.13. The molecule has 0 spiro atoms. The normalized spacial score (nSPS) is 26.4. The molecule has 5 heteroatoms. The summed E-state index contributed by atoms with van der Waals surface area (Å²) < 4.78 is 11.2. The van der Waals surface area contributed by atoms with Crippen LogP contribution in [0.5, 0.6) is 11.8 Å². The minimum absolute atomic E-state index is 0.198. The first-order valence-electron chi connectivity index (χ1n) is 7.05. The number of methoxy groups -OCH3 is 1. The highest BCUT2D eigenvalue weighted by atomic mass is 16.5. The van der Waals surface area contributed by atoms with E-state index < -0.39 is 0 Å². The van der Waals surface area contributed by atoms with Gasteiger partial charge in [0.2, 0.25) is 11.8 Å². The number of rotatable bonds is 5. The first-order valence-corrected chi connectivity index (χ1v) is 7.05. The molecule has 5 nitrogen and oxygen atoms in total. The lowest BCUT2D eigenvalue weighted by molar-refractivity contribution is 0.209. The molecule has 0 bridgehead atoms. The van der Waals surface area contributed by atoms with Crippen LogP contribution >= 0.6 is 0 Å². The molecule has 2 fully saturated rings. The van der Waals surface area contributed by atoms with E-state index >= 15 is 0 Å². The van der Waals surface area contributed by atoms with Crippen molar-refractivity contribution in [3.8, 4) is 11.8 Å². The van der Waals surface area contributed by atoms with Gasteiger partial charge >= 0.3 is 0 Å². The first-order chi connectivity index (χ1) is 9.22. The molecule has 1 aliphatic carbocycles. The smallest absolute Gasteiger partial charge is 0.220 e. The van der Waals surface area contributed by atoms with Gasteiger partial charge in [-0.05, 0) is 25.7 Å². The highest BCUT2D eigenvalue weighted by Crippen LogP contribution is 2.32. The lowest BCUT2D eigenvalue weighted by atomic mass is 10.2. The number of hydrogen-bond donors (Lipinski definition) is 1. The molecule has 0 aromatic carbocycles. The van der Waals surface area contributed by atoms with Crippen molar-refractivity contribution < 1.29 is 9.47 Å². The van der Waals surface area contributed by atoms with Crippen LogP contribution in [0, 0.1) is 5.92 Å². The van der Waals surface area contributed by atoms with Gasteiger partial charge in [0, 0.05) is 25.4 Å². The Bertz CT molecular complexity index is 448. The molecule has 1 aromatic rings. The monoisotopic (exact) mass is 263 g/mol. The summed E-state index contributed by atoms with van der Waals surface area (Å²) >= 11 is 0. The molecule has 2 atom stereocenters. The molecule has 1 unspecified atom stereocenters. The van der Waals surface area contributed by atoms with E-state index in [2.05, 4.69) is 22.2 Å². The lowest BCUT2D eigenvalue weighted by Crippen LogP contribution is -2.21. The average Bonchev–Trinajstić information content (AvgIpc) is 3.11. The van der Waals surface area contributed by atoms with Gasteiger partial charge in [-0.1, -0.05) is 0 Å². The van der Waals surface area contributed by atoms with Crippen LogP contribution in [0.4, 0.5) is 0 Å². The van der Waals surface area contributed by atoms with Gasteiger partial charge in [-0.2, -0.15) is 9.97 Å². The molecule has 104 valence electrons. The summed E-state index contributed by atoms with van der Waals surface area (Å²) in [7, 11) is 1.63. The summed E-state index contributed by atoms with van der Waals surface area (Å²) in [4.78, 5) is 8.90. The summed E-state index contributed by atoms with van der Waals surface area (Å²) in [6.07, 6.45) is 4.74. The second-order valence-corrected chi connectivity index (χ2v) is 5.60. The van der Waals surface area contributed by atoms with E-state index in [1.165, 1.54) is 12.8 Å². The van der Waals surface area contributed by atoms with E-state index in [4.69, 9.17) is 9.47 Å². The third kappa shape index (κ3) is 3.35. The number of nitrogens with one attached hydrogen (secondary N) is 1. The maximum atomic E-state index is 5.94. The zero-order chi connectivity index (χ0) is 13.2. The number of hydrogen-bond acceptors (Lipinski definition) is 5. The van der Waals surface area contributed by atoms with Crippen molar-refractivity contribution in [3.63, 3.8) is 0 Å². The summed E-state index contributed by atoms with van der Waals surface area (Å²) in [6, 6.07) is 2.29. The van der Waals surface area contributed by atoms with Crippen LogP contribution in [0.25, 0.3) is 0 Å². The van der Waals surface area contributed by atoms with Crippen molar-refractivity contribution in [1.82, 2.24) is 15.3 Å². The Morgan fingerprint density at radius 3 is 2.74 bits per heavy atom. The first kappa shape index (κ1) is 12.7. The fraction of sp³-hybridized carbons (Fsp3) is 0.714. The minimum Gasteiger partial charge on any atom is -0.481 e. The number of aromatic nitrogens is 2. The van der Waals surface area contributed by atoms with Gasteiger partial charge in [0.25, 0.3) is 0 Å². The van der Waals surface area contributed by atoms with Gasteiger partial charge in [0.15, 0.2) is 0 Å². The molecule has 19 heavy (non-hydrogen) atoms. The van der Waals surface area contributed by atoms with Crippen LogP contribution in [0.15, 0.2) is 6.07 Å². The molecule has 1 N–H and O–H groups in total. The Balaban J connectivity index is 1.71. The number of nitrogens with zero attached hydrogens (tertiary/aromatic N) is 2. The third-order valence-corrected chi connectivity index (χ3v) is 3.70. The molecule has 0 amide bonds. The van der Waals surface area contributed by atoms with E-state index in [1.54, 1.807) is 13.2 Å². The van der Waals surface area contributed by atoms with Gasteiger partial charge in [0.05, 0.1) is 13.2 Å². The Morgan fingerprint density at radius 1 is 1.32 bits per heavy atom. The molecular weight excluding hydrogens is 242 g/mol. The van der Waals surface area contributed by atoms with Crippen LogP contribution in [-0.2, 0) is 6.42 Å². The highest BCUT2D eigenvalue weighted by Gasteiger charge is 2.25. The van der Waals surface area contributed by atoms with Crippen LogP contribution in [0.2, 0.25) is 0 Å². The van der Waals surface area contributed by atoms with Crippen molar-refractivity contribution in [2.75, 3.05) is 13.7 Å². The predicted molar refractivity (Wildman–Crippen MR) is 71.5 cm³/mol. The van der Waals surface area contributed by atoms with E-state index in [0.717, 1.165) is 31.1 Å². The zero-order valence-electron chi connectivity index (χ0n) is 11.6. The maximum absolute atomic E-state index is 5.94. The van der Waals surface area contributed by atoms with Gasteiger partial charge in [0.1, 0.15) is 11.9 Å². The van der Waals surface area contributed by atoms with Crippen molar-refractivity contribution in [2.24, 2.45) is 5.92 Å². The molecule has 0 radical (unpaired) electrons. The molecule has 1 saturated heterocycles. The van der Waals surface area contributed by atoms with Gasteiger partial charge in [-0.3, -0.25) is 0 Å². The zero-order valence-corrected chi connectivity index (χ0v) is 11.6. The van der Waals surface area contributed by atoms with Gasteiger partial charge < -0.3 is 14.8 Å². The molecule has 2 heterocycles. The van der Waals surface area contributed by atoms with Crippen molar-refractivity contribution >= 4 is 0 Å². The fourth-order valence-electron chi connectivity index (χ4n) is 2.44. The van der Waals surface area contributed by atoms with Crippen LogP contribution in [0.1, 0.15) is 32.0 Å². The van der Waals surface area contributed by atoms with Gasteiger partial charge in [-0.25, -0.2) is 0 Å². The molecule has 1 aliphatic heterocycles. The summed E-state index contributed by atoms with van der Waals surface area (Å²) in [5.74, 6) is 2.84. The Kier molecular flexibility index (Phi) is 3.55. The van der Waals surface area contributed by atoms with E-state index in [0.29, 0.717) is 17.8 Å². The Labute approximate surface area is 113 Å². The molecule has 1 saturated carbocycles. The molecular formula is C14H21N3O2. The molecule has 2 aliphatic rings. The molecule has 3 rings (SSSR count). The largest absolute Gasteiger partial charge is 0.481 e. The fourth-order valence-corrected chi connectivity index (χ4v) is 2.44. The van der Waals surface area contributed by atoms with Crippen molar-refractivity contribution in [1.29, 1.82) is 0 Å². The van der Waals surface area contributed by atoms with Crippen LogP contribution in [-0.4, -0.2) is 35.8 Å². The second-order valence-electron chi connectivity index (χ2n) is 5.60. The molecule has 1 aromatic heterocycles. The van der Waals surface area contributed by atoms with Gasteiger partial charge in [-0.15, -0.1) is 0 Å². The minimum atomic E-state index is 0.198. The summed E-state index contributed by atoms with van der Waals surface area (Å²) in [6.45, 7) is 3.05. The van der Waals surface area contributed by atoms with Crippen molar-refractivity contribution in [3.05, 3.63) is 11.9 Å². The van der Waals surface area contributed by atoms with Crippen LogP contribution < -0.4 is 14.8 Å². The van der Waals surface area contributed by atoms with E-state index in [9.17, 15) is 0 Å². The third-order valence-electron chi connectivity index (χ3n) is 3.70. The second kappa shape index (κ2) is 5.33. The average molecular weight is 263 g/mol. The topological polar surface area (TPSA) is 56.3 Å². The standard InChI is InChI=1S/C14H21N3O2/c1-9-5-11(8-15-9)19-14-7-13(18-2)16-12(17-14)6-10-3-4-10/h7,9-11,15H,3-6,8H2,1-2H3/t9-,11?/m0/s1. The summed E-state index contributed by atoms with van der Waals surface area (Å²) in [5.41, 5.74) is 0. The quantitative estimate of drug-likeness (QED) is 0.874. The van der Waals surface area contributed by atoms with E-state index in [-0.39, 0.29) is 6.10 Å².